The molecule has 0 aromatic rings. The largest absolute Gasteiger partial charge is 0.368 e. The summed E-state index contributed by atoms with van der Waals surface area (Å²) < 4.78 is 11.4. The summed E-state index contributed by atoms with van der Waals surface area (Å²) in [5, 5.41) is 2.30. The van der Waals surface area contributed by atoms with Crippen LogP contribution >= 0.6 is 7.60 Å². The second kappa shape index (κ2) is 7.68. The summed E-state index contributed by atoms with van der Waals surface area (Å²) in [5.41, 5.74) is 10.5. The van der Waals surface area contributed by atoms with Gasteiger partial charge in [0.15, 0.2) is 0 Å². The Kier molecular flexibility index (Phi) is 7.17. The number of hydrogen-bond acceptors (Lipinski definition) is 5. The second-order valence-corrected chi connectivity index (χ2v) is 6.99. The molecule has 0 spiro atoms. The lowest BCUT2D eigenvalue weighted by Gasteiger charge is -2.35. The highest BCUT2D eigenvalue weighted by Gasteiger charge is 2.40. The molecule has 7 N–H and O–H groups in total. The van der Waals surface area contributed by atoms with Gasteiger partial charge in [-0.25, -0.2) is 0 Å². The third-order valence-corrected chi connectivity index (χ3v) is 4.34. The fourth-order valence-electron chi connectivity index (χ4n) is 1.63. The molecule has 0 saturated carbocycles. The van der Waals surface area contributed by atoms with Crippen molar-refractivity contribution in [2.24, 2.45) is 11.5 Å². The number of hydrogen-bond donors (Lipinski definition) is 5. The number of primary amides is 1. The molecule has 0 heterocycles. The van der Waals surface area contributed by atoms with E-state index in [1.807, 2.05) is 0 Å². The van der Waals surface area contributed by atoms with Crippen LogP contribution in [0.1, 0.15) is 27.7 Å². The van der Waals surface area contributed by atoms with Gasteiger partial charge in [-0.1, -0.05) is 0 Å². The highest BCUT2D eigenvalue weighted by Crippen LogP contribution is 2.43. The van der Waals surface area contributed by atoms with Gasteiger partial charge in [-0.05, 0) is 27.7 Å². The van der Waals surface area contributed by atoms with Crippen LogP contribution in [0.2, 0.25) is 0 Å². The molecule has 0 saturated heterocycles. The average molecular weight is 338 g/mol. The zero-order valence-electron chi connectivity index (χ0n) is 12.9. The highest BCUT2D eigenvalue weighted by atomic mass is 31.2. The lowest BCUT2D eigenvalue weighted by atomic mass is 10.2. The molecule has 0 aliphatic rings. The van der Waals surface area contributed by atoms with Crippen molar-refractivity contribution in [3.8, 4) is 0 Å². The maximum Gasteiger partial charge on any atom is 0.347 e. The summed E-state index contributed by atoms with van der Waals surface area (Å²) in [6.07, 6.45) is 0. The molecule has 0 aliphatic carbocycles. The molecule has 10 nitrogen and oxygen atoms in total. The van der Waals surface area contributed by atoms with E-state index in [0.717, 1.165) is 6.92 Å². The van der Waals surface area contributed by atoms with Gasteiger partial charge in [-0.3, -0.25) is 18.9 Å². The molecular weight excluding hydrogens is 315 g/mol. The summed E-state index contributed by atoms with van der Waals surface area (Å²) >= 11 is 0. The number of nitrogens with zero attached hydrogens (tertiary/aromatic N) is 1. The third kappa shape index (κ3) is 5.38. The van der Waals surface area contributed by atoms with Crippen LogP contribution in [0.3, 0.4) is 0 Å². The molecule has 0 bridgehead atoms. The minimum atomic E-state index is -4.69. The van der Waals surface area contributed by atoms with Crippen LogP contribution in [0.25, 0.3) is 0 Å². The van der Waals surface area contributed by atoms with Crippen molar-refractivity contribution in [1.82, 2.24) is 10.2 Å². The van der Waals surface area contributed by atoms with Crippen molar-refractivity contribution in [3.63, 3.8) is 0 Å². The Balaban J connectivity index is 5.42. The summed E-state index contributed by atoms with van der Waals surface area (Å²) in [7, 11) is -4.69. The van der Waals surface area contributed by atoms with E-state index in [1.165, 1.54) is 20.8 Å². The standard InChI is InChI=1S/C11H23N4O6P/c1-5(12)10(17)14-6(2)11(18)15(7(3)9(13)16)8(4)22(19,20)21/h5-8H,12H2,1-4H3,(H2,13,16)(H,14,17)(H2,19,20,21)/t5-,6-,7-,8-/m0/s1. The van der Waals surface area contributed by atoms with Gasteiger partial charge in [-0.15, -0.1) is 0 Å². The number of carbonyl (C=O) groups is 3. The van der Waals surface area contributed by atoms with Crippen molar-refractivity contribution in [2.75, 3.05) is 0 Å². The topological polar surface area (TPSA) is 176 Å². The maximum absolute atomic E-state index is 12.4. The number of carbonyl (C=O) groups excluding carboxylic acids is 3. The van der Waals surface area contributed by atoms with Crippen LogP contribution in [0.5, 0.6) is 0 Å². The number of rotatable bonds is 7. The zero-order chi connectivity index (χ0) is 17.8. The van der Waals surface area contributed by atoms with E-state index in [9.17, 15) is 28.7 Å². The van der Waals surface area contributed by atoms with Gasteiger partial charge >= 0.3 is 7.60 Å². The van der Waals surface area contributed by atoms with E-state index in [2.05, 4.69) is 5.32 Å². The van der Waals surface area contributed by atoms with Gasteiger partial charge in [0.2, 0.25) is 17.7 Å². The number of amides is 3. The molecule has 0 aliphatic heterocycles. The summed E-state index contributed by atoms with van der Waals surface area (Å²) in [6, 6.07) is -3.25. The fourth-order valence-corrected chi connectivity index (χ4v) is 2.27. The summed E-state index contributed by atoms with van der Waals surface area (Å²) in [5.74, 6) is -3.97. The quantitative estimate of drug-likeness (QED) is 0.335. The number of nitrogens with one attached hydrogen (secondary N) is 1. The van der Waals surface area contributed by atoms with Gasteiger partial charge in [0.25, 0.3) is 0 Å². The Bertz CT molecular complexity index is 491. The molecule has 3 amide bonds. The molecule has 0 aromatic carbocycles. The molecule has 0 aromatic heterocycles. The first-order chi connectivity index (χ1) is 9.80. The predicted octanol–water partition coefficient (Wildman–Crippen LogP) is -1.94. The van der Waals surface area contributed by atoms with Crippen LogP contribution < -0.4 is 16.8 Å². The third-order valence-electron chi connectivity index (χ3n) is 3.12. The normalized spacial score (nSPS) is 17.0. The van der Waals surface area contributed by atoms with Crippen LogP contribution in [-0.4, -0.2) is 56.3 Å². The van der Waals surface area contributed by atoms with Gasteiger partial charge < -0.3 is 31.5 Å². The Labute approximate surface area is 128 Å². The van der Waals surface area contributed by atoms with Crippen LogP contribution in [0, 0.1) is 0 Å². The van der Waals surface area contributed by atoms with Crippen LogP contribution in [0.4, 0.5) is 0 Å². The molecular formula is C11H23N4O6P. The minimum Gasteiger partial charge on any atom is -0.368 e. The monoisotopic (exact) mass is 338 g/mol. The van der Waals surface area contributed by atoms with E-state index in [4.69, 9.17) is 11.5 Å². The first-order valence-corrected chi connectivity index (χ1v) is 8.21. The molecule has 0 radical (unpaired) electrons. The van der Waals surface area contributed by atoms with Gasteiger partial charge in [0.05, 0.1) is 6.04 Å². The SMILES string of the molecule is C[C@H](N)C(=O)N[C@@H](C)C(=O)N([C@@H](C)C(N)=O)[C@H](C)P(=O)(O)O. The predicted molar refractivity (Wildman–Crippen MR) is 78.3 cm³/mol. The van der Waals surface area contributed by atoms with Crippen molar-refractivity contribution in [1.29, 1.82) is 0 Å². The van der Waals surface area contributed by atoms with Crippen molar-refractivity contribution in [3.05, 3.63) is 0 Å². The lowest BCUT2D eigenvalue weighted by Crippen LogP contribution is -2.57. The van der Waals surface area contributed by atoms with E-state index in [1.54, 1.807) is 0 Å². The first-order valence-electron chi connectivity index (χ1n) is 6.53. The molecule has 0 unspecified atom stereocenters. The van der Waals surface area contributed by atoms with Crippen molar-refractivity contribution >= 4 is 25.3 Å². The Morgan fingerprint density at radius 2 is 1.59 bits per heavy atom. The van der Waals surface area contributed by atoms with E-state index in [-0.39, 0.29) is 0 Å². The Morgan fingerprint density at radius 3 is 1.91 bits per heavy atom. The van der Waals surface area contributed by atoms with Crippen LogP contribution in [0.15, 0.2) is 0 Å². The lowest BCUT2D eigenvalue weighted by molar-refractivity contribution is -0.142. The van der Waals surface area contributed by atoms with E-state index >= 15 is 0 Å². The van der Waals surface area contributed by atoms with Gasteiger partial charge in [0.1, 0.15) is 17.9 Å². The Hall–Kier alpha value is -1.48. The molecule has 4 atom stereocenters. The zero-order valence-corrected chi connectivity index (χ0v) is 13.8. The first kappa shape index (κ1) is 20.5. The molecule has 0 fully saturated rings. The van der Waals surface area contributed by atoms with Crippen LogP contribution in [-0.2, 0) is 18.9 Å². The number of nitrogens with two attached hydrogens (primary N) is 2. The fraction of sp³-hybridized carbons (Fsp3) is 0.727. The average Bonchev–Trinajstić information content (AvgIpc) is 2.36. The molecule has 22 heavy (non-hydrogen) atoms. The van der Waals surface area contributed by atoms with Crippen molar-refractivity contribution in [2.45, 2.75) is 51.6 Å². The smallest absolute Gasteiger partial charge is 0.347 e. The highest BCUT2D eigenvalue weighted by molar-refractivity contribution is 7.52. The second-order valence-electron chi connectivity index (χ2n) is 5.06. The van der Waals surface area contributed by atoms with E-state index in [0.29, 0.717) is 4.90 Å². The van der Waals surface area contributed by atoms with E-state index < -0.39 is 49.2 Å². The molecule has 0 rings (SSSR count). The molecule has 128 valence electrons. The minimum absolute atomic E-state index is 0.614. The van der Waals surface area contributed by atoms with Crippen molar-refractivity contribution < 1.29 is 28.7 Å². The Morgan fingerprint density at radius 1 is 1.14 bits per heavy atom. The summed E-state index contributed by atoms with van der Waals surface area (Å²) in [4.78, 5) is 54.3. The van der Waals surface area contributed by atoms with Gasteiger partial charge in [-0.2, -0.15) is 0 Å². The summed E-state index contributed by atoms with van der Waals surface area (Å²) in [6.45, 7) is 5.06. The van der Waals surface area contributed by atoms with Gasteiger partial charge in [0, 0.05) is 0 Å². The maximum atomic E-state index is 12.4. The molecule has 11 heteroatoms.